The minimum absolute atomic E-state index is 0.243. The Morgan fingerprint density at radius 1 is 1.05 bits per heavy atom. The van der Waals surface area contributed by atoms with Crippen molar-refractivity contribution >= 4 is 50.3 Å². The van der Waals surface area contributed by atoms with Gasteiger partial charge in [0.1, 0.15) is 17.7 Å². The average molecular weight is 587 g/mol. The van der Waals surface area contributed by atoms with Crippen LogP contribution in [0.3, 0.4) is 0 Å². The molecule has 0 aliphatic rings. The van der Waals surface area contributed by atoms with E-state index in [-0.39, 0.29) is 12.3 Å². The number of thiazole rings is 1. The summed E-state index contributed by atoms with van der Waals surface area (Å²) in [5.74, 6) is -1.43. The number of likely N-dealkylation sites (N-methyl/N-ethyl adjacent to an activating group) is 1. The van der Waals surface area contributed by atoms with Gasteiger partial charge in [-0.3, -0.25) is 9.59 Å². The Bertz CT molecular complexity index is 1310. The standard InChI is InChI=1S/C29H38N4O5S2/c1-7-13-22(32-40(37)28-31-21-16-11-12-17-24(21)39-28)26(35)33(6)19(2)25(34)30-23(27(36)38-29(3,4)5)18-20-14-9-8-10-15-20/h8-12,14-17,19,22-23,32H,7,13,18H2,1-6H3,(H,30,34)/t19-,22+,23-,40?/m1/s1. The number of carbonyl (C=O) groups excluding carboxylic acids is 3. The summed E-state index contributed by atoms with van der Waals surface area (Å²) in [4.78, 5) is 45.4. The molecule has 1 heterocycles. The molecule has 0 bridgehead atoms. The number of nitrogens with zero attached hydrogens (tertiary/aromatic N) is 2. The number of amides is 2. The van der Waals surface area contributed by atoms with Crippen molar-refractivity contribution in [2.24, 2.45) is 0 Å². The lowest BCUT2D eigenvalue weighted by Crippen LogP contribution is -2.55. The van der Waals surface area contributed by atoms with Gasteiger partial charge in [-0.25, -0.2) is 18.7 Å². The fourth-order valence-electron chi connectivity index (χ4n) is 3.95. The molecule has 11 heteroatoms. The monoisotopic (exact) mass is 586 g/mol. The molecule has 2 aromatic carbocycles. The van der Waals surface area contributed by atoms with Gasteiger partial charge in [0, 0.05) is 13.5 Å². The zero-order valence-electron chi connectivity index (χ0n) is 23.8. The summed E-state index contributed by atoms with van der Waals surface area (Å²) < 4.78 is 22.8. The van der Waals surface area contributed by atoms with Gasteiger partial charge in [0.15, 0.2) is 15.3 Å². The number of hydrogen-bond donors (Lipinski definition) is 2. The molecule has 1 aromatic heterocycles. The second kappa shape index (κ2) is 14.0. The van der Waals surface area contributed by atoms with Gasteiger partial charge in [-0.1, -0.05) is 55.8 Å². The van der Waals surface area contributed by atoms with E-state index < -0.39 is 46.6 Å². The van der Waals surface area contributed by atoms with Crippen LogP contribution in [0.2, 0.25) is 0 Å². The zero-order chi connectivity index (χ0) is 29.4. The predicted octanol–water partition coefficient (Wildman–Crippen LogP) is 3.99. The van der Waals surface area contributed by atoms with Crippen LogP contribution in [0.25, 0.3) is 10.2 Å². The Morgan fingerprint density at radius 2 is 1.70 bits per heavy atom. The van der Waals surface area contributed by atoms with Crippen molar-refractivity contribution in [3.05, 3.63) is 60.2 Å². The smallest absolute Gasteiger partial charge is 0.329 e. The van der Waals surface area contributed by atoms with E-state index in [0.29, 0.717) is 17.2 Å². The Labute approximate surface area is 242 Å². The molecule has 0 spiro atoms. The first-order valence-electron chi connectivity index (χ1n) is 13.3. The van der Waals surface area contributed by atoms with Crippen molar-refractivity contribution in [3.63, 3.8) is 0 Å². The molecule has 216 valence electrons. The number of aromatic nitrogens is 1. The molecular weight excluding hydrogens is 548 g/mol. The van der Waals surface area contributed by atoms with Crippen molar-refractivity contribution < 1.29 is 23.3 Å². The van der Waals surface area contributed by atoms with E-state index in [9.17, 15) is 18.6 Å². The molecule has 0 radical (unpaired) electrons. The summed E-state index contributed by atoms with van der Waals surface area (Å²) in [6.45, 7) is 8.81. The third kappa shape index (κ3) is 8.67. The second-order valence-corrected chi connectivity index (χ2v) is 13.0. The molecule has 3 rings (SSSR count). The molecule has 3 aromatic rings. The molecule has 0 saturated heterocycles. The second-order valence-electron chi connectivity index (χ2n) is 10.6. The summed E-state index contributed by atoms with van der Waals surface area (Å²) in [5, 5.41) is 2.78. The molecule has 0 saturated carbocycles. The molecule has 0 aliphatic heterocycles. The van der Waals surface area contributed by atoms with Gasteiger partial charge in [0.25, 0.3) is 0 Å². The van der Waals surface area contributed by atoms with Gasteiger partial charge in [-0.15, -0.1) is 11.3 Å². The highest BCUT2D eigenvalue weighted by atomic mass is 32.2. The quantitative estimate of drug-likeness (QED) is 0.310. The molecule has 0 fully saturated rings. The normalized spacial score (nSPS) is 14.7. The lowest BCUT2D eigenvalue weighted by molar-refractivity contribution is -0.159. The van der Waals surface area contributed by atoms with E-state index in [4.69, 9.17) is 4.74 Å². The minimum Gasteiger partial charge on any atom is -0.458 e. The fraction of sp³-hybridized carbons (Fsp3) is 0.448. The number of esters is 1. The number of fused-ring (bicyclic) bond motifs is 1. The van der Waals surface area contributed by atoms with Gasteiger partial charge >= 0.3 is 5.97 Å². The molecule has 9 nitrogen and oxygen atoms in total. The summed E-state index contributed by atoms with van der Waals surface area (Å²) in [7, 11) is -0.183. The van der Waals surface area contributed by atoms with Crippen molar-refractivity contribution in [2.75, 3.05) is 7.05 Å². The van der Waals surface area contributed by atoms with Gasteiger partial charge < -0.3 is 15.0 Å². The van der Waals surface area contributed by atoms with Crippen LogP contribution in [-0.4, -0.2) is 62.7 Å². The molecular formula is C29H38N4O5S2. The van der Waals surface area contributed by atoms with Gasteiger partial charge in [0.05, 0.1) is 16.3 Å². The first-order chi connectivity index (χ1) is 18.9. The maximum atomic E-state index is 13.5. The summed E-state index contributed by atoms with van der Waals surface area (Å²) in [5.41, 5.74) is 0.876. The first-order valence-corrected chi connectivity index (χ1v) is 15.2. The number of hydrogen-bond acceptors (Lipinski definition) is 7. The lowest BCUT2D eigenvalue weighted by atomic mass is 10.0. The highest BCUT2D eigenvalue weighted by Crippen LogP contribution is 2.24. The molecule has 2 N–H and O–H groups in total. The number of nitrogens with one attached hydrogen (secondary N) is 2. The SMILES string of the molecule is CCC[C@H](NS(=O)c1nc2ccccc2s1)C(=O)N(C)[C@H](C)C(=O)N[C@H](Cc1ccccc1)C(=O)OC(C)(C)C. The number of benzene rings is 2. The first kappa shape index (κ1) is 31.4. The van der Waals surface area contributed by atoms with E-state index in [1.807, 2.05) is 61.5 Å². The van der Waals surface area contributed by atoms with E-state index in [0.717, 1.165) is 15.8 Å². The summed E-state index contributed by atoms with van der Waals surface area (Å²) >= 11 is 1.30. The minimum atomic E-state index is -1.71. The Morgan fingerprint density at radius 3 is 2.33 bits per heavy atom. The van der Waals surface area contributed by atoms with Crippen molar-refractivity contribution in [1.82, 2.24) is 19.9 Å². The van der Waals surface area contributed by atoms with Gasteiger partial charge in [0.2, 0.25) is 11.8 Å². The molecule has 1 unspecified atom stereocenters. The van der Waals surface area contributed by atoms with E-state index in [2.05, 4.69) is 15.0 Å². The Kier molecular flexibility index (Phi) is 11.0. The topological polar surface area (TPSA) is 118 Å². The van der Waals surface area contributed by atoms with Crippen molar-refractivity contribution in [3.8, 4) is 0 Å². The largest absolute Gasteiger partial charge is 0.458 e. The van der Waals surface area contributed by atoms with Gasteiger partial charge in [-0.2, -0.15) is 0 Å². The average Bonchev–Trinajstić information content (AvgIpc) is 3.35. The maximum absolute atomic E-state index is 13.5. The Hall–Kier alpha value is -3.15. The van der Waals surface area contributed by atoms with Crippen molar-refractivity contribution in [2.45, 2.75) is 81.9 Å². The van der Waals surface area contributed by atoms with Crippen LogP contribution in [-0.2, 0) is 36.5 Å². The highest BCUT2D eigenvalue weighted by molar-refractivity contribution is 7.85. The number of carbonyl (C=O) groups is 3. The highest BCUT2D eigenvalue weighted by Gasteiger charge is 2.33. The predicted molar refractivity (Wildman–Crippen MR) is 158 cm³/mol. The van der Waals surface area contributed by atoms with E-state index >= 15 is 0 Å². The van der Waals surface area contributed by atoms with Crippen LogP contribution in [0.5, 0.6) is 0 Å². The third-order valence-corrected chi connectivity index (χ3v) is 8.60. The van der Waals surface area contributed by atoms with Crippen LogP contribution in [0.4, 0.5) is 0 Å². The molecule has 2 amide bonds. The van der Waals surface area contributed by atoms with Crippen LogP contribution < -0.4 is 10.0 Å². The number of rotatable bonds is 12. The lowest BCUT2D eigenvalue weighted by Gasteiger charge is -2.30. The van der Waals surface area contributed by atoms with E-state index in [1.165, 1.54) is 23.3 Å². The Balaban J connectivity index is 1.71. The number of para-hydroxylation sites is 1. The van der Waals surface area contributed by atoms with Gasteiger partial charge in [-0.05, 0) is 51.8 Å². The maximum Gasteiger partial charge on any atom is 0.329 e. The van der Waals surface area contributed by atoms with Crippen LogP contribution in [0, 0.1) is 0 Å². The summed E-state index contributed by atoms with van der Waals surface area (Å²) in [6.07, 6.45) is 1.32. The number of ether oxygens (including phenoxy) is 1. The molecule has 0 aliphatic carbocycles. The van der Waals surface area contributed by atoms with E-state index in [1.54, 1.807) is 27.7 Å². The fourth-order valence-corrected chi connectivity index (χ4v) is 6.12. The molecule has 4 atom stereocenters. The van der Waals surface area contributed by atoms with Crippen LogP contribution >= 0.6 is 11.3 Å². The zero-order valence-corrected chi connectivity index (χ0v) is 25.4. The van der Waals surface area contributed by atoms with Crippen LogP contribution in [0.15, 0.2) is 58.9 Å². The van der Waals surface area contributed by atoms with Crippen LogP contribution in [0.1, 0.15) is 53.0 Å². The third-order valence-electron chi connectivity index (χ3n) is 6.16. The summed E-state index contributed by atoms with van der Waals surface area (Å²) in [6, 6.07) is 14.2. The molecule has 40 heavy (non-hydrogen) atoms. The van der Waals surface area contributed by atoms with Crippen molar-refractivity contribution in [1.29, 1.82) is 0 Å².